The number of ether oxygens (including phenoxy) is 2. The largest absolute Gasteiger partial charge is 0.496 e. The molecule has 3 nitrogen and oxygen atoms in total. The van der Waals surface area contributed by atoms with Crippen molar-refractivity contribution < 1.29 is 13.9 Å². The number of rotatable bonds is 5. The van der Waals surface area contributed by atoms with Crippen molar-refractivity contribution in [2.24, 2.45) is 0 Å². The van der Waals surface area contributed by atoms with E-state index in [1.54, 1.807) is 19.2 Å². The molecule has 2 aromatic rings. The predicted molar refractivity (Wildman–Crippen MR) is 93.1 cm³/mol. The number of hydrogen-bond acceptors (Lipinski definition) is 3. The lowest BCUT2D eigenvalue weighted by atomic mass is 9.72. The molecule has 2 unspecified atom stereocenters. The lowest BCUT2D eigenvalue weighted by molar-refractivity contribution is -0.0196. The molecule has 1 aliphatic rings. The van der Waals surface area contributed by atoms with Gasteiger partial charge in [0, 0.05) is 18.5 Å². The summed E-state index contributed by atoms with van der Waals surface area (Å²) in [6.45, 7) is 4.52. The summed E-state index contributed by atoms with van der Waals surface area (Å²) in [4.78, 5) is 0. The molecule has 0 aromatic heterocycles. The third kappa shape index (κ3) is 3.45. The molecular formula is C20H24FNO2. The van der Waals surface area contributed by atoms with Gasteiger partial charge in [-0.3, -0.25) is 0 Å². The van der Waals surface area contributed by atoms with Gasteiger partial charge in [0.1, 0.15) is 11.6 Å². The van der Waals surface area contributed by atoms with E-state index >= 15 is 0 Å². The summed E-state index contributed by atoms with van der Waals surface area (Å²) < 4.78 is 25.3. The van der Waals surface area contributed by atoms with Gasteiger partial charge in [0.05, 0.1) is 19.8 Å². The fourth-order valence-electron chi connectivity index (χ4n) is 3.48. The zero-order chi connectivity index (χ0) is 17.0. The van der Waals surface area contributed by atoms with Crippen LogP contribution in [0.2, 0.25) is 0 Å². The second-order valence-electron chi connectivity index (χ2n) is 6.48. The number of hydrogen-bond donors (Lipinski definition) is 1. The van der Waals surface area contributed by atoms with Crippen molar-refractivity contribution in [3.05, 3.63) is 65.5 Å². The van der Waals surface area contributed by atoms with Crippen LogP contribution in [0.3, 0.4) is 0 Å². The van der Waals surface area contributed by atoms with Crippen molar-refractivity contribution in [1.29, 1.82) is 0 Å². The molecule has 1 heterocycles. The molecule has 2 aromatic carbocycles. The standard InChI is InChI=1S/C20H24FNO2/c1-20(16-6-4-3-5-7-16,19-14-22-10-11-24-19)13-15-12-17(21)8-9-18(15)23-2/h3-9,12,19,22H,10-11,13-14H2,1-2H3. The number of morpholine rings is 1. The van der Waals surface area contributed by atoms with Crippen molar-refractivity contribution in [2.45, 2.75) is 24.9 Å². The molecule has 4 heteroatoms. The minimum Gasteiger partial charge on any atom is -0.496 e. The van der Waals surface area contributed by atoms with E-state index in [2.05, 4.69) is 24.4 Å². The SMILES string of the molecule is COc1ccc(F)cc1CC(C)(c1ccccc1)C1CNCCO1. The summed E-state index contributed by atoms with van der Waals surface area (Å²) in [5, 5.41) is 3.41. The molecule has 1 aliphatic heterocycles. The Bertz CT molecular complexity index is 671. The van der Waals surface area contributed by atoms with Crippen molar-refractivity contribution >= 4 is 0 Å². The number of nitrogens with one attached hydrogen (secondary N) is 1. The maximum absolute atomic E-state index is 13.8. The van der Waals surface area contributed by atoms with Crippen molar-refractivity contribution in [3.63, 3.8) is 0 Å². The van der Waals surface area contributed by atoms with Crippen LogP contribution in [0.1, 0.15) is 18.1 Å². The first-order valence-corrected chi connectivity index (χ1v) is 8.34. The number of halogens is 1. The molecule has 0 aliphatic carbocycles. The molecule has 0 radical (unpaired) electrons. The van der Waals surface area contributed by atoms with Crippen molar-refractivity contribution in [2.75, 3.05) is 26.8 Å². The molecule has 0 amide bonds. The highest BCUT2D eigenvalue weighted by atomic mass is 19.1. The predicted octanol–water partition coefficient (Wildman–Crippen LogP) is 3.32. The van der Waals surface area contributed by atoms with Gasteiger partial charge in [0.2, 0.25) is 0 Å². The molecule has 1 saturated heterocycles. The van der Waals surface area contributed by atoms with Crippen LogP contribution in [0.5, 0.6) is 5.75 Å². The molecule has 1 fully saturated rings. The number of methoxy groups -OCH3 is 1. The zero-order valence-electron chi connectivity index (χ0n) is 14.2. The van der Waals surface area contributed by atoms with Gasteiger partial charge in [0.25, 0.3) is 0 Å². The fraction of sp³-hybridized carbons (Fsp3) is 0.400. The van der Waals surface area contributed by atoms with Crippen LogP contribution in [-0.2, 0) is 16.6 Å². The molecular weight excluding hydrogens is 305 g/mol. The Morgan fingerprint density at radius 1 is 1.25 bits per heavy atom. The van der Waals surface area contributed by atoms with Gasteiger partial charge in [-0.1, -0.05) is 37.3 Å². The van der Waals surface area contributed by atoms with Crippen LogP contribution in [0.25, 0.3) is 0 Å². The highest BCUT2D eigenvalue weighted by Crippen LogP contribution is 2.36. The molecule has 24 heavy (non-hydrogen) atoms. The summed E-state index contributed by atoms with van der Waals surface area (Å²) in [5.41, 5.74) is 1.76. The smallest absolute Gasteiger partial charge is 0.123 e. The van der Waals surface area contributed by atoms with E-state index in [0.29, 0.717) is 18.8 Å². The highest BCUT2D eigenvalue weighted by molar-refractivity contribution is 5.38. The molecule has 0 bridgehead atoms. The Morgan fingerprint density at radius 3 is 2.71 bits per heavy atom. The van der Waals surface area contributed by atoms with Gasteiger partial charge in [-0.05, 0) is 35.7 Å². The van der Waals surface area contributed by atoms with Crippen LogP contribution < -0.4 is 10.1 Å². The van der Waals surface area contributed by atoms with Crippen LogP contribution in [0.15, 0.2) is 48.5 Å². The summed E-state index contributed by atoms with van der Waals surface area (Å²) in [6, 6.07) is 15.0. The lowest BCUT2D eigenvalue weighted by Gasteiger charge is -2.40. The quantitative estimate of drug-likeness (QED) is 0.913. The summed E-state index contributed by atoms with van der Waals surface area (Å²) in [5.74, 6) is 0.464. The summed E-state index contributed by atoms with van der Waals surface area (Å²) in [7, 11) is 1.62. The first-order valence-electron chi connectivity index (χ1n) is 8.34. The molecule has 0 spiro atoms. The minimum atomic E-state index is -0.282. The van der Waals surface area contributed by atoms with E-state index in [4.69, 9.17) is 9.47 Å². The zero-order valence-corrected chi connectivity index (χ0v) is 14.2. The van der Waals surface area contributed by atoms with Crippen LogP contribution >= 0.6 is 0 Å². The molecule has 3 rings (SSSR count). The second kappa shape index (κ2) is 7.32. The average Bonchev–Trinajstić information content (AvgIpc) is 2.63. The number of benzene rings is 2. The Morgan fingerprint density at radius 2 is 2.04 bits per heavy atom. The Hall–Kier alpha value is -1.91. The van der Waals surface area contributed by atoms with Gasteiger partial charge in [-0.25, -0.2) is 4.39 Å². The van der Waals surface area contributed by atoms with E-state index in [-0.39, 0.29) is 17.3 Å². The van der Waals surface area contributed by atoms with E-state index < -0.39 is 0 Å². The maximum Gasteiger partial charge on any atom is 0.123 e. The van der Waals surface area contributed by atoms with Gasteiger partial charge >= 0.3 is 0 Å². The monoisotopic (exact) mass is 329 g/mol. The molecule has 1 N–H and O–H groups in total. The lowest BCUT2D eigenvalue weighted by Crippen LogP contribution is -2.51. The van der Waals surface area contributed by atoms with Crippen molar-refractivity contribution in [3.8, 4) is 5.75 Å². The average molecular weight is 329 g/mol. The fourth-order valence-corrected chi connectivity index (χ4v) is 3.48. The molecule has 0 saturated carbocycles. The van der Waals surface area contributed by atoms with E-state index in [1.165, 1.54) is 11.6 Å². The molecule has 128 valence electrons. The maximum atomic E-state index is 13.8. The third-order valence-electron chi connectivity index (χ3n) is 4.87. The van der Waals surface area contributed by atoms with Crippen LogP contribution in [0.4, 0.5) is 4.39 Å². The van der Waals surface area contributed by atoms with Gasteiger partial charge in [0.15, 0.2) is 0 Å². The highest BCUT2D eigenvalue weighted by Gasteiger charge is 2.38. The Labute approximate surface area is 142 Å². The topological polar surface area (TPSA) is 30.5 Å². The van der Waals surface area contributed by atoms with E-state index in [0.717, 1.165) is 18.7 Å². The van der Waals surface area contributed by atoms with E-state index in [1.807, 2.05) is 18.2 Å². The molecule has 2 atom stereocenters. The summed E-state index contributed by atoms with van der Waals surface area (Å²) >= 11 is 0. The van der Waals surface area contributed by atoms with Gasteiger partial charge in [-0.2, -0.15) is 0 Å². The second-order valence-corrected chi connectivity index (χ2v) is 6.48. The van der Waals surface area contributed by atoms with Gasteiger partial charge in [-0.15, -0.1) is 0 Å². The first-order chi connectivity index (χ1) is 11.6. The Kier molecular flexibility index (Phi) is 5.17. The summed E-state index contributed by atoms with van der Waals surface area (Å²) in [6.07, 6.45) is 0.659. The van der Waals surface area contributed by atoms with Gasteiger partial charge < -0.3 is 14.8 Å². The third-order valence-corrected chi connectivity index (χ3v) is 4.87. The van der Waals surface area contributed by atoms with Crippen molar-refractivity contribution in [1.82, 2.24) is 5.32 Å². The Balaban J connectivity index is 2.00. The van der Waals surface area contributed by atoms with Crippen LogP contribution in [-0.4, -0.2) is 32.9 Å². The minimum absolute atomic E-state index is 0.0154. The van der Waals surface area contributed by atoms with Crippen LogP contribution in [0, 0.1) is 5.82 Å². The first kappa shape index (κ1) is 16.9. The van der Waals surface area contributed by atoms with E-state index in [9.17, 15) is 4.39 Å². The normalized spacial score (nSPS) is 20.4.